The Kier molecular flexibility index (Phi) is 5.83. The molecule has 0 saturated carbocycles. The van der Waals surface area contributed by atoms with E-state index in [1.54, 1.807) is 11.7 Å². The van der Waals surface area contributed by atoms with Crippen LogP contribution >= 0.6 is 11.6 Å². The maximum atomic E-state index is 10.6. The molecule has 0 bridgehead atoms. The molecule has 1 unspecified atom stereocenters. The van der Waals surface area contributed by atoms with Crippen LogP contribution in [-0.2, 0) is 18.2 Å². The van der Waals surface area contributed by atoms with Crippen molar-refractivity contribution in [3.63, 3.8) is 0 Å². The Morgan fingerprint density at radius 1 is 1.37 bits per heavy atom. The molecule has 4 nitrogen and oxygen atoms in total. The summed E-state index contributed by atoms with van der Waals surface area (Å²) < 4.78 is 7.47. The normalized spacial score (nSPS) is 13.8. The maximum Gasteiger partial charge on any atom is 0.130 e. The van der Waals surface area contributed by atoms with Crippen LogP contribution in [0.5, 0.6) is 0 Å². The first-order chi connectivity index (χ1) is 8.91. The monoisotopic (exact) mass is 288 g/mol. The Morgan fingerprint density at radius 3 is 2.32 bits per heavy atom. The van der Waals surface area contributed by atoms with Gasteiger partial charge in [0.15, 0.2) is 0 Å². The minimum absolute atomic E-state index is 0.472. The van der Waals surface area contributed by atoms with Gasteiger partial charge in [0.25, 0.3) is 0 Å². The third-order valence-electron chi connectivity index (χ3n) is 3.90. The van der Waals surface area contributed by atoms with E-state index < -0.39 is 11.7 Å². The van der Waals surface area contributed by atoms with Gasteiger partial charge in [0.1, 0.15) is 5.15 Å². The predicted molar refractivity (Wildman–Crippen MR) is 77.6 cm³/mol. The number of ether oxygens (including phenoxy) is 1. The first-order valence-corrected chi connectivity index (χ1v) is 7.29. The van der Waals surface area contributed by atoms with E-state index in [4.69, 9.17) is 16.3 Å². The van der Waals surface area contributed by atoms with E-state index in [0.717, 1.165) is 24.1 Å². The second-order valence-electron chi connectivity index (χ2n) is 4.90. The average molecular weight is 289 g/mol. The second kappa shape index (κ2) is 6.73. The Hall–Kier alpha value is -0.580. The molecule has 0 spiro atoms. The number of aliphatic hydroxyl groups excluding tert-OH is 1. The van der Waals surface area contributed by atoms with Crippen molar-refractivity contribution >= 4 is 11.6 Å². The predicted octanol–water partition coefficient (Wildman–Crippen LogP) is 2.88. The third-order valence-corrected chi connectivity index (χ3v) is 4.38. The first-order valence-electron chi connectivity index (χ1n) is 6.91. The van der Waals surface area contributed by atoms with Crippen molar-refractivity contribution in [3.8, 4) is 0 Å². The van der Waals surface area contributed by atoms with E-state index >= 15 is 0 Å². The van der Waals surface area contributed by atoms with Crippen LogP contribution in [0.2, 0.25) is 5.15 Å². The summed E-state index contributed by atoms with van der Waals surface area (Å²) in [5.74, 6) is 0. The molecule has 1 aromatic rings. The van der Waals surface area contributed by atoms with E-state index in [2.05, 4.69) is 5.10 Å². The highest BCUT2D eigenvalue weighted by Crippen LogP contribution is 2.30. The van der Waals surface area contributed by atoms with E-state index in [1.807, 2.05) is 27.7 Å². The lowest BCUT2D eigenvalue weighted by molar-refractivity contribution is -0.124. The van der Waals surface area contributed by atoms with Crippen molar-refractivity contribution < 1.29 is 9.84 Å². The highest BCUT2D eigenvalue weighted by Gasteiger charge is 2.36. The van der Waals surface area contributed by atoms with Gasteiger partial charge in [-0.25, -0.2) is 0 Å². The summed E-state index contributed by atoms with van der Waals surface area (Å²) in [6, 6.07) is 0. The highest BCUT2D eigenvalue weighted by atomic mass is 35.5. The van der Waals surface area contributed by atoms with Crippen molar-refractivity contribution in [2.45, 2.75) is 58.7 Å². The molecule has 1 atom stereocenters. The summed E-state index contributed by atoms with van der Waals surface area (Å²) in [5, 5.41) is 15.4. The Labute approximate surface area is 120 Å². The minimum Gasteiger partial charge on any atom is -0.390 e. The minimum atomic E-state index is -0.581. The number of aromatic nitrogens is 2. The van der Waals surface area contributed by atoms with Gasteiger partial charge in [-0.15, -0.1) is 0 Å². The second-order valence-corrected chi connectivity index (χ2v) is 5.26. The summed E-state index contributed by atoms with van der Waals surface area (Å²) in [5.41, 5.74) is 1.27. The Bertz CT molecular complexity index is 414. The van der Waals surface area contributed by atoms with E-state index in [0.29, 0.717) is 18.2 Å². The van der Waals surface area contributed by atoms with Gasteiger partial charge in [-0.2, -0.15) is 5.10 Å². The molecule has 0 amide bonds. The molecule has 0 aliphatic rings. The summed E-state index contributed by atoms with van der Waals surface area (Å²) in [6.45, 7) is 8.54. The fraction of sp³-hybridized carbons (Fsp3) is 0.786. The standard InChI is InChI=1S/C14H25ClN2O2/c1-6-14(7-2,19-8-3)12(18)9-11-10(4)16-17(5)13(11)15/h12,18H,6-9H2,1-5H3. The molecule has 0 aromatic carbocycles. The van der Waals surface area contributed by atoms with Crippen LogP contribution in [0, 0.1) is 6.92 Å². The number of hydrogen-bond acceptors (Lipinski definition) is 3. The van der Waals surface area contributed by atoms with Crippen LogP contribution in [0.15, 0.2) is 0 Å². The van der Waals surface area contributed by atoms with Crippen LogP contribution in [0.25, 0.3) is 0 Å². The summed E-state index contributed by atoms with van der Waals surface area (Å²) in [7, 11) is 1.81. The fourth-order valence-electron chi connectivity index (χ4n) is 2.59. The summed E-state index contributed by atoms with van der Waals surface area (Å²) in [6.07, 6.45) is 1.44. The molecule has 0 aliphatic carbocycles. The zero-order valence-electron chi connectivity index (χ0n) is 12.5. The molecular formula is C14H25ClN2O2. The smallest absolute Gasteiger partial charge is 0.130 e. The SMILES string of the molecule is CCOC(CC)(CC)C(O)Cc1c(C)nn(C)c1Cl. The topological polar surface area (TPSA) is 47.3 Å². The zero-order valence-corrected chi connectivity index (χ0v) is 13.3. The molecule has 19 heavy (non-hydrogen) atoms. The van der Waals surface area contributed by atoms with Crippen LogP contribution in [0.3, 0.4) is 0 Å². The summed E-state index contributed by atoms with van der Waals surface area (Å²) >= 11 is 6.22. The molecule has 0 saturated heterocycles. The van der Waals surface area contributed by atoms with Gasteiger partial charge in [-0.1, -0.05) is 25.4 Å². The highest BCUT2D eigenvalue weighted by molar-refractivity contribution is 6.30. The lowest BCUT2D eigenvalue weighted by Gasteiger charge is -2.36. The molecule has 1 N–H and O–H groups in total. The van der Waals surface area contributed by atoms with Gasteiger partial charge in [-0.3, -0.25) is 4.68 Å². The van der Waals surface area contributed by atoms with Crippen molar-refractivity contribution in [2.24, 2.45) is 7.05 Å². The summed E-state index contributed by atoms with van der Waals surface area (Å²) in [4.78, 5) is 0. The molecule has 0 radical (unpaired) electrons. The molecule has 1 aromatic heterocycles. The molecule has 1 rings (SSSR count). The number of hydrogen-bond donors (Lipinski definition) is 1. The average Bonchev–Trinajstić information content (AvgIpc) is 2.62. The Balaban J connectivity index is 2.96. The first kappa shape index (κ1) is 16.5. The van der Waals surface area contributed by atoms with Gasteiger partial charge in [0, 0.05) is 25.6 Å². The Morgan fingerprint density at radius 2 is 1.95 bits per heavy atom. The van der Waals surface area contributed by atoms with E-state index in [-0.39, 0.29) is 0 Å². The quantitative estimate of drug-likeness (QED) is 0.839. The van der Waals surface area contributed by atoms with Crippen LogP contribution in [0.4, 0.5) is 0 Å². The van der Waals surface area contributed by atoms with Gasteiger partial charge in [0.05, 0.1) is 17.4 Å². The molecular weight excluding hydrogens is 264 g/mol. The van der Waals surface area contributed by atoms with Crippen LogP contribution in [0.1, 0.15) is 44.9 Å². The number of halogens is 1. The van der Waals surface area contributed by atoms with Crippen molar-refractivity contribution in [2.75, 3.05) is 6.61 Å². The number of aryl methyl sites for hydroxylation is 2. The molecule has 1 heterocycles. The zero-order chi connectivity index (χ0) is 14.6. The van der Waals surface area contributed by atoms with Crippen molar-refractivity contribution in [1.29, 1.82) is 0 Å². The molecule has 5 heteroatoms. The van der Waals surface area contributed by atoms with Crippen molar-refractivity contribution in [1.82, 2.24) is 9.78 Å². The number of rotatable bonds is 7. The lowest BCUT2D eigenvalue weighted by Crippen LogP contribution is -2.45. The number of nitrogens with zero attached hydrogens (tertiary/aromatic N) is 2. The van der Waals surface area contributed by atoms with Gasteiger partial charge < -0.3 is 9.84 Å². The van der Waals surface area contributed by atoms with Crippen LogP contribution < -0.4 is 0 Å². The molecule has 0 aliphatic heterocycles. The van der Waals surface area contributed by atoms with Gasteiger partial charge in [0.2, 0.25) is 0 Å². The van der Waals surface area contributed by atoms with Gasteiger partial charge in [-0.05, 0) is 26.7 Å². The fourth-order valence-corrected chi connectivity index (χ4v) is 2.85. The van der Waals surface area contributed by atoms with Crippen LogP contribution in [-0.4, -0.2) is 33.2 Å². The van der Waals surface area contributed by atoms with Crippen molar-refractivity contribution in [3.05, 3.63) is 16.4 Å². The van der Waals surface area contributed by atoms with E-state index in [1.165, 1.54) is 0 Å². The molecule has 110 valence electrons. The van der Waals surface area contributed by atoms with E-state index in [9.17, 15) is 5.11 Å². The third kappa shape index (κ3) is 3.30. The maximum absolute atomic E-state index is 10.6. The molecule has 0 fully saturated rings. The lowest BCUT2D eigenvalue weighted by atomic mass is 9.86. The number of aliphatic hydroxyl groups is 1. The largest absolute Gasteiger partial charge is 0.390 e. The van der Waals surface area contributed by atoms with Gasteiger partial charge >= 0.3 is 0 Å².